The smallest absolute Gasteiger partial charge is 0.157 e. The molecule has 0 amide bonds. The van der Waals surface area contributed by atoms with Crippen molar-refractivity contribution in [2.45, 2.75) is 6.92 Å². The van der Waals surface area contributed by atoms with Gasteiger partial charge in [-0.2, -0.15) is 0 Å². The summed E-state index contributed by atoms with van der Waals surface area (Å²) in [6, 6.07) is 9.98. The van der Waals surface area contributed by atoms with Crippen LogP contribution in [0.1, 0.15) is 5.76 Å². The van der Waals surface area contributed by atoms with E-state index in [2.05, 4.69) is 10.5 Å². The highest BCUT2D eigenvalue weighted by Crippen LogP contribution is 2.28. The molecule has 3 heteroatoms. The van der Waals surface area contributed by atoms with Gasteiger partial charge in [0.2, 0.25) is 0 Å². The number of hydrogen-bond donors (Lipinski definition) is 1. The molecule has 0 spiro atoms. The summed E-state index contributed by atoms with van der Waals surface area (Å²) in [4.78, 5) is 0. The minimum Gasteiger partial charge on any atom is -0.383 e. The maximum Gasteiger partial charge on any atom is 0.157 e. The number of hydrogen-bond acceptors (Lipinski definition) is 3. The number of nitrogens with zero attached hydrogens (tertiary/aromatic N) is 1. The van der Waals surface area contributed by atoms with Crippen molar-refractivity contribution >= 4 is 5.69 Å². The van der Waals surface area contributed by atoms with E-state index in [1.54, 1.807) is 0 Å². The second kappa shape index (κ2) is 3.54. The molecule has 0 aliphatic carbocycles. The highest BCUT2D eigenvalue weighted by Gasteiger charge is 2.11. The molecule has 1 aromatic heterocycles. The van der Waals surface area contributed by atoms with E-state index in [-0.39, 0.29) is 0 Å². The SMILES string of the molecule is CNc1c(-c2ccccc2)noc1C. The van der Waals surface area contributed by atoms with Crippen LogP contribution in [0.2, 0.25) is 0 Å². The van der Waals surface area contributed by atoms with E-state index in [9.17, 15) is 0 Å². The fourth-order valence-corrected chi connectivity index (χ4v) is 1.46. The molecule has 14 heavy (non-hydrogen) atoms. The van der Waals surface area contributed by atoms with E-state index < -0.39 is 0 Å². The van der Waals surface area contributed by atoms with E-state index >= 15 is 0 Å². The lowest BCUT2D eigenvalue weighted by molar-refractivity contribution is 0.400. The quantitative estimate of drug-likeness (QED) is 0.787. The number of benzene rings is 1. The summed E-state index contributed by atoms with van der Waals surface area (Å²) in [7, 11) is 1.87. The minimum absolute atomic E-state index is 0.811. The Labute approximate surface area is 82.7 Å². The molecule has 0 atom stereocenters. The molecular formula is C11H12N2O. The summed E-state index contributed by atoms with van der Waals surface area (Å²) in [6.45, 7) is 1.89. The molecule has 0 aliphatic heterocycles. The lowest BCUT2D eigenvalue weighted by atomic mass is 10.1. The second-order valence-electron chi connectivity index (χ2n) is 3.08. The first kappa shape index (κ1) is 8.81. The molecule has 2 aromatic rings. The Bertz CT molecular complexity index is 420. The fourth-order valence-electron chi connectivity index (χ4n) is 1.46. The van der Waals surface area contributed by atoms with Crippen molar-refractivity contribution in [1.29, 1.82) is 0 Å². The normalized spacial score (nSPS) is 10.1. The van der Waals surface area contributed by atoms with Gasteiger partial charge in [0.15, 0.2) is 5.76 Å². The standard InChI is InChI=1S/C11H12N2O/c1-8-10(12-2)11(13-14-8)9-6-4-3-5-7-9/h3-7,12H,1-2H3. The topological polar surface area (TPSA) is 38.1 Å². The zero-order valence-corrected chi connectivity index (χ0v) is 8.24. The summed E-state index contributed by atoms with van der Waals surface area (Å²) >= 11 is 0. The monoisotopic (exact) mass is 188 g/mol. The minimum atomic E-state index is 0.811. The van der Waals surface area contributed by atoms with Gasteiger partial charge in [-0.25, -0.2) is 0 Å². The highest BCUT2D eigenvalue weighted by atomic mass is 16.5. The highest BCUT2D eigenvalue weighted by molar-refractivity contribution is 5.74. The van der Waals surface area contributed by atoms with Gasteiger partial charge in [0, 0.05) is 12.6 Å². The van der Waals surface area contributed by atoms with Gasteiger partial charge in [0.05, 0.1) is 0 Å². The van der Waals surface area contributed by atoms with Crippen LogP contribution in [0.5, 0.6) is 0 Å². The van der Waals surface area contributed by atoms with Crippen LogP contribution in [-0.2, 0) is 0 Å². The van der Waals surface area contributed by atoms with Crippen molar-refractivity contribution in [3.63, 3.8) is 0 Å². The first-order valence-electron chi connectivity index (χ1n) is 4.52. The predicted molar refractivity (Wildman–Crippen MR) is 56.2 cm³/mol. The summed E-state index contributed by atoms with van der Waals surface area (Å²) < 4.78 is 5.13. The Kier molecular flexibility index (Phi) is 2.23. The van der Waals surface area contributed by atoms with Gasteiger partial charge in [-0.15, -0.1) is 0 Å². The number of aryl methyl sites for hydroxylation is 1. The molecule has 0 radical (unpaired) electrons. The van der Waals surface area contributed by atoms with E-state index in [0.29, 0.717) is 0 Å². The summed E-state index contributed by atoms with van der Waals surface area (Å²) in [5.41, 5.74) is 2.88. The van der Waals surface area contributed by atoms with Crippen LogP contribution in [-0.4, -0.2) is 12.2 Å². The van der Waals surface area contributed by atoms with Crippen molar-refractivity contribution in [2.75, 3.05) is 12.4 Å². The van der Waals surface area contributed by atoms with Crippen molar-refractivity contribution in [2.24, 2.45) is 0 Å². The zero-order valence-electron chi connectivity index (χ0n) is 8.24. The Balaban J connectivity index is 2.52. The van der Waals surface area contributed by atoms with Gasteiger partial charge in [0.25, 0.3) is 0 Å². The Hall–Kier alpha value is -1.77. The summed E-state index contributed by atoms with van der Waals surface area (Å²) in [6.07, 6.45) is 0. The van der Waals surface area contributed by atoms with Gasteiger partial charge in [0.1, 0.15) is 11.4 Å². The van der Waals surface area contributed by atoms with Crippen LogP contribution < -0.4 is 5.32 Å². The van der Waals surface area contributed by atoms with E-state index in [1.165, 1.54) is 0 Å². The number of nitrogens with one attached hydrogen (secondary N) is 1. The first-order chi connectivity index (χ1) is 6.83. The molecule has 1 N–H and O–H groups in total. The number of rotatable bonds is 2. The van der Waals surface area contributed by atoms with Crippen molar-refractivity contribution in [3.05, 3.63) is 36.1 Å². The van der Waals surface area contributed by atoms with E-state index in [1.807, 2.05) is 44.3 Å². The van der Waals surface area contributed by atoms with E-state index in [0.717, 1.165) is 22.7 Å². The molecule has 0 fully saturated rings. The van der Waals surface area contributed by atoms with Crippen LogP contribution in [0.25, 0.3) is 11.3 Å². The molecule has 1 aromatic carbocycles. The molecule has 3 nitrogen and oxygen atoms in total. The molecule has 72 valence electrons. The Morgan fingerprint density at radius 3 is 2.57 bits per heavy atom. The summed E-state index contributed by atoms with van der Waals surface area (Å²) in [5.74, 6) is 0.811. The summed E-state index contributed by atoms with van der Waals surface area (Å²) in [5, 5.41) is 7.11. The molecule has 2 rings (SSSR count). The maximum atomic E-state index is 5.13. The zero-order chi connectivity index (χ0) is 9.97. The third-order valence-corrected chi connectivity index (χ3v) is 2.16. The number of anilines is 1. The molecule has 0 aliphatic rings. The van der Waals surface area contributed by atoms with Crippen molar-refractivity contribution in [3.8, 4) is 11.3 Å². The molecule has 0 bridgehead atoms. The molecule has 1 heterocycles. The van der Waals surface area contributed by atoms with Crippen LogP contribution >= 0.6 is 0 Å². The van der Waals surface area contributed by atoms with Crippen LogP contribution in [0.4, 0.5) is 5.69 Å². The lowest BCUT2D eigenvalue weighted by Gasteiger charge is -2.00. The van der Waals surface area contributed by atoms with Crippen LogP contribution in [0, 0.1) is 6.92 Å². The van der Waals surface area contributed by atoms with Crippen LogP contribution in [0.15, 0.2) is 34.9 Å². The molecular weight excluding hydrogens is 176 g/mol. The van der Waals surface area contributed by atoms with Gasteiger partial charge >= 0.3 is 0 Å². The molecule has 0 unspecified atom stereocenters. The lowest BCUT2D eigenvalue weighted by Crippen LogP contribution is -1.90. The van der Waals surface area contributed by atoms with Gasteiger partial charge in [-0.05, 0) is 6.92 Å². The first-order valence-corrected chi connectivity index (χ1v) is 4.52. The average molecular weight is 188 g/mol. The Morgan fingerprint density at radius 2 is 1.93 bits per heavy atom. The fraction of sp³-hybridized carbons (Fsp3) is 0.182. The predicted octanol–water partition coefficient (Wildman–Crippen LogP) is 2.69. The van der Waals surface area contributed by atoms with Gasteiger partial charge < -0.3 is 9.84 Å². The Morgan fingerprint density at radius 1 is 1.21 bits per heavy atom. The van der Waals surface area contributed by atoms with Gasteiger partial charge in [-0.3, -0.25) is 0 Å². The largest absolute Gasteiger partial charge is 0.383 e. The molecule has 0 saturated carbocycles. The average Bonchev–Trinajstić information content (AvgIpc) is 2.61. The second-order valence-corrected chi connectivity index (χ2v) is 3.08. The van der Waals surface area contributed by atoms with E-state index in [4.69, 9.17) is 4.52 Å². The van der Waals surface area contributed by atoms with Crippen LogP contribution in [0.3, 0.4) is 0 Å². The van der Waals surface area contributed by atoms with Crippen molar-refractivity contribution < 1.29 is 4.52 Å². The number of aromatic nitrogens is 1. The third-order valence-electron chi connectivity index (χ3n) is 2.16. The maximum absolute atomic E-state index is 5.13. The van der Waals surface area contributed by atoms with Gasteiger partial charge in [-0.1, -0.05) is 35.5 Å². The van der Waals surface area contributed by atoms with Crippen molar-refractivity contribution in [1.82, 2.24) is 5.16 Å². The molecule has 0 saturated heterocycles. The third kappa shape index (κ3) is 1.37.